The number of aromatic nitrogens is 6. The van der Waals surface area contributed by atoms with E-state index in [0.29, 0.717) is 4.80 Å². The molecule has 2 heterocycles. The molecule has 42 heavy (non-hydrogen) atoms. The van der Waals surface area contributed by atoms with Crippen LogP contribution < -0.4 is 10.6 Å². The van der Waals surface area contributed by atoms with Crippen molar-refractivity contribution in [1.82, 2.24) is 35.3 Å². The summed E-state index contributed by atoms with van der Waals surface area (Å²) in [6.45, 7) is -0.686. The van der Waals surface area contributed by atoms with Gasteiger partial charge in [0.05, 0.1) is 39.3 Å². The Balaban J connectivity index is 1.73. The number of tetrazole rings is 1. The Morgan fingerprint density at radius 2 is 1.76 bits per heavy atom. The van der Waals surface area contributed by atoms with E-state index in [1.54, 1.807) is 23.5 Å². The van der Waals surface area contributed by atoms with Gasteiger partial charge in [-0.15, -0.1) is 10.2 Å². The van der Waals surface area contributed by atoms with Crippen molar-refractivity contribution in [2.75, 3.05) is 11.9 Å². The Morgan fingerprint density at radius 3 is 2.38 bits per heavy atom. The van der Waals surface area contributed by atoms with Crippen molar-refractivity contribution in [3.05, 3.63) is 81.4 Å². The summed E-state index contributed by atoms with van der Waals surface area (Å²) in [5.41, 5.74) is -0.511. The van der Waals surface area contributed by atoms with Crippen LogP contribution in [0.4, 0.5) is 32.0 Å². The summed E-state index contributed by atoms with van der Waals surface area (Å²) in [5.74, 6) is -3.62. The zero-order valence-electron chi connectivity index (χ0n) is 21.0. The van der Waals surface area contributed by atoms with Gasteiger partial charge in [-0.25, -0.2) is 4.68 Å². The largest absolute Gasteiger partial charge is 0.455 e. The lowest BCUT2D eigenvalue weighted by Gasteiger charge is -2.16. The summed E-state index contributed by atoms with van der Waals surface area (Å²) in [7, 11) is 0. The van der Waals surface area contributed by atoms with Crippen molar-refractivity contribution in [2.45, 2.75) is 25.8 Å². The van der Waals surface area contributed by atoms with Crippen molar-refractivity contribution in [3.8, 4) is 11.8 Å². The molecule has 218 valence electrons. The summed E-state index contributed by atoms with van der Waals surface area (Å²) < 4.78 is 77.9. The van der Waals surface area contributed by atoms with E-state index < -0.39 is 48.6 Å². The van der Waals surface area contributed by atoms with E-state index >= 15 is 0 Å². The molecule has 0 spiro atoms. The number of aryl methyl sites for hydroxylation is 1. The van der Waals surface area contributed by atoms with Crippen LogP contribution in [0.15, 0.2) is 42.5 Å². The molecule has 2 amide bonds. The first kappa shape index (κ1) is 30.0. The van der Waals surface area contributed by atoms with Crippen molar-refractivity contribution >= 4 is 29.1 Å². The lowest BCUT2D eigenvalue weighted by atomic mass is 10.0. The normalized spacial score (nSPS) is 11.7. The first-order chi connectivity index (χ1) is 19.7. The molecule has 11 nitrogen and oxygen atoms in total. The number of nitrogens with zero attached hydrogens (tertiary/aromatic N) is 7. The van der Waals surface area contributed by atoms with Crippen molar-refractivity contribution in [3.63, 3.8) is 0 Å². The molecule has 0 unspecified atom stereocenters. The number of carbonyl (C=O) groups is 2. The molecule has 0 atom stereocenters. The minimum absolute atomic E-state index is 0.00545. The molecule has 18 heteroatoms. The van der Waals surface area contributed by atoms with Gasteiger partial charge in [-0.1, -0.05) is 23.7 Å². The summed E-state index contributed by atoms with van der Waals surface area (Å²) >= 11 is 6.28. The topological polar surface area (TPSA) is 143 Å². The number of rotatable bonds is 7. The maximum absolute atomic E-state index is 13.5. The van der Waals surface area contributed by atoms with Crippen LogP contribution in [0.3, 0.4) is 0 Å². The van der Waals surface area contributed by atoms with Gasteiger partial charge in [0.1, 0.15) is 18.8 Å². The molecule has 2 N–H and O–H groups in total. The number of hydrogen-bond donors (Lipinski definition) is 2. The number of carbonyl (C=O) groups excluding carboxylic acids is 2. The van der Waals surface area contributed by atoms with Crippen LogP contribution in [0.2, 0.25) is 5.02 Å². The number of nitriles is 1. The Labute approximate surface area is 236 Å². The molecular weight excluding hydrogens is 596 g/mol. The molecule has 2 aromatic heterocycles. The minimum Gasteiger partial charge on any atom is -0.343 e. The molecule has 0 radical (unpaired) electrons. The van der Waals surface area contributed by atoms with Crippen LogP contribution in [0.25, 0.3) is 5.69 Å². The third kappa shape index (κ3) is 6.83. The van der Waals surface area contributed by atoms with Gasteiger partial charge >= 0.3 is 12.4 Å². The van der Waals surface area contributed by atoms with Gasteiger partial charge in [0, 0.05) is 0 Å². The highest BCUT2D eigenvalue weighted by molar-refractivity contribution is 6.32. The molecule has 0 saturated carbocycles. The molecule has 0 saturated heterocycles. The minimum atomic E-state index is -4.84. The zero-order valence-corrected chi connectivity index (χ0v) is 21.8. The van der Waals surface area contributed by atoms with Crippen LogP contribution in [-0.2, 0) is 12.7 Å². The summed E-state index contributed by atoms with van der Waals surface area (Å²) in [6.07, 6.45) is -9.57. The fourth-order valence-electron chi connectivity index (χ4n) is 3.69. The molecule has 0 aliphatic carbocycles. The average molecular weight is 612 g/mol. The summed E-state index contributed by atoms with van der Waals surface area (Å²) in [5, 5.41) is 27.4. The Hall–Kier alpha value is -4.98. The van der Waals surface area contributed by atoms with Crippen LogP contribution in [0.1, 0.15) is 43.5 Å². The van der Waals surface area contributed by atoms with E-state index in [-0.39, 0.29) is 38.9 Å². The Morgan fingerprint density at radius 1 is 1.05 bits per heavy atom. The predicted molar refractivity (Wildman–Crippen MR) is 133 cm³/mol. The quantitative estimate of drug-likeness (QED) is 0.297. The third-order valence-corrected chi connectivity index (χ3v) is 5.80. The maximum Gasteiger partial charge on any atom is 0.455 e. The first-order valence-electron chi connectivity index (χ1n) is 11.6. The van der Waals surface area contributed by atoms with Gasteiger partial charge in [0.15, 0.2) is 0 Å². The van der Waals surface area contributed by atoms with Crippen LogP contribution >= 0.6 is 11.6 Å². The van der Waals surface area contributed by atoms with Gasteiger partial charge < -0.3 is 10.6 Å². The van der Waals surface area contributed by atoms with E-state index in [4.69, 9.17) is 11.6 Å². The highest BCUT2D eigenvalue weighted by Gasteiger charge is 2.37. The van der Waals surface area contributed by atoms with Gasteiger partial charge in [-0.05, 0) is 48.0 Å². The fraction of sp³-hybridized carbons (Fsp3) is 0.208. The van der Waals surface area contributed by atoms with Gasteiger partial charge in [-0.2, -0.15) is 41.5 Å². The number of halogens is 7. The lowest BCUT2D eigenvalue weighted by Crippen LogP contribution is -2.34. The van der Waals surface area contributed by atoms with Gasteiger partial charge in [0.25, 0.3) is 17.6 Å². The number of hydrogen-bond acceptors (Lipinski definition) is 7. The lowest BCUT2D eigenvalue weighted by molar-refractivity contribution is -0.145. The van der Waals surface area contributed by atoms with E-state index in [1.165, 1.54) is 31.2 Å². The highest BCUT2D eigenvalue weighted by Crippen LogP contribution is 2.27. The number of amides is 2. The molecular formula is C24H16ClF6N9O2. The maximum atomic E-state index is 13.5. The van der Waals surface area contributed by atoms with E-state index in [1.807, 2.05) is 0 Å². The molecule has 4 rings (SSSR count). The second kappa shape index (κ2) is 11.5. The van der Waals surface area contributed by atoms with Crippen LogP contribution in [0.5, 0.6) is 0 Å². The van der Waals surface area contributed by atoms with Crippen LogP contribution in [0, 0.1) is 18.3 Å². The first-order valence-corrected chi connectivity index (χ1v) is 11.9. The van der Waals surface area contributed by atoms with E-state index in [0.717, 1.165) is 10.7 Å². The monoisotopic (exact) mass is 611 g/mol. The summed E-state index contributed by atoms with van der Waals surface area (Å²) in [4.78, 5) is 26.8. The number of para-hydroxylation sites is 1. The van der Waals surface area contributed by atoms with Crippen molar-refractivity contribution in [1.29, 1.82) is 5.26 Å². The van der Waals surface area contributed by atoms with Gasteiger partial charge in [0.2, 0.25) is 0 Å². The Bertz CT molecular complexity index is 1710. The molecule has 4 aromatic rings. The van der Waals surface area contributed by atoms with E-state index in [9.17, 15) is 41.2 Å². The smallest absolute Gasteiger partial charge is 0.343 e. The van der Waals surface area contributed by atoms with Gasteiger partial charge in [-0.3, -0.25) is 9.59 Å². The third-order valence-electron chi connectivity index (χ3n) is 5.48. The highest BCUT2D eigenvalue weighted by atomic mass is 35.5. The number of nitrogens with one attached hydrogen (secondary N) is 2. The second-order valence-corrected chi connectivity index (χ2v) is 9.01. The molecule has 2 aromatic carbocycles. The SMILES string of the molecule is Cc1cc(C#N)cc(C(=O)NCC(F)(F)F)c1NC(=O)c1cc(Cn2nnc(C(F)(F)F)n2)nn1-c1ccccc1Cl. The van der Waals surface area contributed by atoms with Crippen molar-refractivity contribution < 1.29 is 35.9 Å². The number of alkyl halides is 6. The molecule has 0 aliphatic rings. The average Bonchev–Trinajstić information content (AvgIpc) is 3.56. The second-order valence-electron chi connectivity index (χ2n) is 8.60. The van der Waals surface area contributed by atoms with Crippen LogP contribution in [-0.4, -0.2) is 54.5 Å². The van der Waals surface area contributed by atoms with Crippen molar-refractivity contribution in [2.24, 2.45) is 0 Å². The number of benzene rings is 2. The molecule has 0 bridgehead atoms. The van der Waals surface area contributed by atoms with E-state index in [2.05, 4.69) is 25.8 Å². The summed E-state index contributed by atoms with van der Waals surface area (Å²) in [6, 6.07) is 11.5. The zero-order chi connectivity index (χ0) is 30.8. The Kier molecular flexibility index (Phi) is 8.20. The molecule has 0 aliphatic heterocycles. The predicted octanol–water partition coefficient (Wildman–Crippen LogP) is 4.30. The number of anilines is 1. The fourth-order valence-corrected chi connectivity index (χ4v) is 3.91. The molecule has 0 fully saturated rings. The standard InChI is InChI=1S/C24H16ClF6N9O2/c1-12-6-13(9-32)7-15(20(41)33-11-23(26,27)28)19(12)34-21(42)18-8-14(10-39-37-22(35-38-39)24(29,30)31)36-40(18)17-5-3-2-4-16(17)25/h2-8H,10-11H2,1H3,(H,33,41)(H,34,42).